The number of halogens is 1. The molecule has 0 saturated heterocycles. The fourth-order valence-corrected chi connectivity index (χ4v) is 3.94. The number of thiazole rings is 1. The lowest BCUT2D eigenvalue weighted by Gasteiger charge is -2.20. The van der Waals surface area contributed by atoms with Gasteiger partial charge in [0, 0.05) is 12.1 Å². The molecule has 2 heterocycles. The Hall–Kier alpha value is -2.57. The summed E-state index contributed by atoms with van der Waals surface area (Å²) in [6, 6.07) is 13.6. The first-order valence-corrected chi connectivity index (χ1v) is 9.77. The second-order valence-electron chi connectivity index (χ2n) is 6.00. The predicted octanol–water partition coefficient (Wildman–Crippen LogP) is 4.21. The molecule has 1 aliphatic rings. The van der Waals surface area contributed by atoms with Crippen LogP contribution in [0.2, 0.25) is 5.02 Å². The number of benzene rings is 2. The molecule has 138 valence electrons. The van der Waals surface area contributed by atoms with Crippen molar-refractivity contribution in [1.82, 2.24) is 10.3 Å². The number of ether oxygens (including phenoxy) is 2. The standard InChI is InChI=1S/C20H17ClN2O3S/c21-15-10-13(11-16-18(15)26-9-8-25-16)6-7-22-19(24)17-12-23-20(27-17)14-4-2-1-3-5-14/h1-5,10-12H,6-9H2,(H,22,24). The predicted molar refractivity (Wildman–Crippen MR) is 106 cm³/mol. The molecule has 0 fully saturated rings. The Morgan fingerprint density at radius 3 is 2.85 bits per heavy atom. The fraction of sp³-hybridized carbons (Fsp3) is 0.200. The molecule has 1 aromatic heterocycles. The average Bonchev–Trinajstić information content (AvgIpc) is 3.19. The van der Waals surface area contributed by atoms with E-state index >= 15 is 0 Å². The number of hydrogen-bond acceptors (Lipinski definition) is 5. The number of rotatable bonds is 5. The Balaban J connectivity index is 1.36. The van der Waals surface area contributed by atoms with Crippen LogP contribution in [-0.4, -0.2) is 30.6 Å². The molecular weight excluding hydrogens is 384 g/mol. The average molecular weight is 401 g/mol. The molecule has 3 aromatic rings. The molecule has 2 aromatic carbocycles. The molecule has 1 N–H and O–H groups in total. The maximum atomic E-state index is 12.4. The molecule has 5 nitrogen and oxygen atoms in total. The van der Waals surface area contributed by atoms with E-state index in [1.165, 1.54) is 11.3 Å². The van der Waals surface area contributed by atoms with Crippen molar-refractivity contribution < 1.29 is 14.3 Å². The largest absolute Gasteiger partial charge is 0.486 e. The van der Waals surface area contributed by atoms with E-state index in [2.05, 4.69) is 10.3 Å². The van der Waals surface area contributed by atoms with Crippen LogP contribution in [0.5, 0.6) is 11.5 Å². The number of nitrogens with one attached hydrogen (secondary N) is 1. The highest BCUT2D eigenvalue weighted by Crippen LogP contribution is 2.38. The van der Waals surface area contributed by atoms with Gasteiger partial charge in [0.05, 0.1) is 11.2 Å². The molecule has 0 spiro atoms. The Kier molecular flexibility index (Phi) is 5.27. The van der Waals surface area contributed by atoms with E-state index in [1.54, 1.807) is 6.20 Å². The zero-order valence-electron chi connectivity index (χ0n) is 14.4. The van der Waals surface area contributed by atoms with E-state index in [0.717, 1.165) is 16.1 Å². The van der Waals surface area contributed by atoms with Gasteiger partial charge in [-0.3, -0.25) is 4.79 Å². The van der Waals surface area contributed by atoms with Crippen molar-refractivity contribution in [2.45, 2.75) is 6.42 Å². The summed E-state index contributed by atoms with van der Waals surface area (Å²) in [5.74, 6) is 1.12. The molecule has 1 aliphatic heterocycles. The summed E-state index contributed by atoms with van der Waals surface area (Å²) in [6.07, 6.45) is 2.26. The smallest absolute Gasteiger partial charge is 0.263 e. The van der Waals surface area contributed by atoms with Crippen LogP contribution < -0.4 is 14.8 Å². The van der Waals surface area contributed by atoms with Crippen molar-refractivity contribution in [2.24, 2.45) is 0 Å². The van der Waals surface area contributed by atoms with Crippen LogP contribution in [0.15, 0.2) is 48.7 Å². The van der Waals surface area contributed by atoms with Crippen LogP contribution in [0, 0.1) is 0 Å². The van der Waals surface area contributed by atoms with Crippen molar-refractivity contribution in [1.29, 1.82) is 0 Å². The quantitative estimate of drug-likeness (QED) is 0.697. The first-order chi connectivity index (χ1) is 13.2. The summed E-state index contributed by atoms with van der Waals surface area (Å²) < 4.78 is 11.1. The second-order valence-corrected chi connectivity index (χ2v) is 7.44. The van der Waals surface area contributed by atoms with Crippen LogP contribution >= 0.6 is 22.9 Å². The summed E-state index contributed by atoms with van der Waals surface area (Å²) in [4.78, 5) is 17.3. The molecule has 1 amide bonds. The lowest BCUT2D eigenvalue weighted by Crippen LogP contribution is -2.25. The number of nitrogens with zero attached hydrogens (tertiary/aromatic N) is 1. The van der Waals surface area contributed by atoms with Crippen LogP contribution in [-0.2, 0) is 6.42 Å². The molecular formula is C20H17ClN2O3S. The lowest BCUT2D eigenvalue weighted by molar-refractivity contribution is 0.0958. The minimum absolute atomic E-state index is 0.127. The van der Waals surface area contributed by atoms with E-state index in [9.17, 15) is 4.79 Å². The topological polar surface area (TPSA) is 60.5 Å². The third kappa shape index (κ3) is 4.07. The molecule has 0 unspecified atom stereocenters. The van der Waals surface area contributed by atoms with Crippen LogP contribution in [0.3, 0.4) is 0 Å². The second kappa shape index (κ2) is 7.98. The molecule has 0 atom stereocenters. The van der Waals surface area contributed by atoms with Gasteiger partial charge < -0.3 is 14.8 Å². The van der Waals surface area contributed by atoms with E-state index in [4.69, 9.17) is 21.1 Å². The highest BCUT2D eigenvalue weighted by molar-refractivity contribution is 7.16. The van der Waals surface area contributed by atoms with Gasteiger partial charge in [-0.1, -0.05) is 41.9 Å². The van der Waals surface area contributed by atoms with E-state index < -0.39 is 0 Å². The van der Waals surface area contributed by atoms with Crippen LogP contribution in [0.1, 0.15) is 15.2 Å². The van der Waals surface area contributed by atoms with Crippen molar-refractivity contribution in [2.75, 3.05) is 19.8 Å². The molecule has 4 rings (SSSR count). The monoisotopic (exact) mass is 400 g/mol. The third-order valence-electron chi connectivity index (χ3n) is 4.11. The van der Waals surface area contributed by atoms with E-state index in [-0.39, 0.29) is 5.91 Å². The first kappa shape index (κ1) is 17.8. The molecule has 0 bridgehead atoms. The van der Waals surface area contributed by atoms with Crippen LogP contribution in [0.4, 0.5) is 0 Å². The zero-order chi connectivity index (χ0) is 18.6. The Morgan fingerprint density at radius 2 is 2.00 bits per heavy atom. The van der Waals surface area contributed by atoms with Gasteiger partial charge in [-0.2, -0.15) is 0 Å². The molecule has 7 heteroatoms. The number of amides is 1. The fourth-order valence-electron chi connectivity index (χ4n) is 2.81. The van der Waals surface area contributed by atoms with Crippen molar-refractivity contribution >= 4 is 28.8 Å². The number of aromatic nitrogens is 1. The summed E-state index contributed by atoms with van der Waals surface area (Å²) in [5, 5.41) is 4.29. The normalized spacial score (nSPS) is 12.6. The number of hydrogen-bond donors (Lipinski definition) is 1. The minimum Gasteiger partial charge on any atom is -0.486 e. The highest BCUT2D eigenvalue weighted by atomic mass is 35.5. The number of fused-ring (bicyclic) bond motifs is 1. The van der Waals surface area contributed by atoms with Crippen LogP contribution in [0.25, 0.3) is 10.6 Å². The summed E-state index contributed by atoms with van der Waals surface area (Å²) in [7, 11) is 0. The maximum Gasteiger partial charge on any atom is 0.263 e. The Labute approximate surface area is 165 Å². The Morgan fingerprint density at radius 1 is 1.19 bits per heavy atom. The van der Waals surface area contributed by atoms with Gasteiger partial charge in [0.1, 0.15) is 23.1 Å². The van der Waals surface area contributed by atoms with E-state index in [1.807, 2.05) is 42.5 Å². The van der Waals surface area contributed by atoms with Crippen molar-refractivity contribution in [3.63, 3.8) is 0 Å². The first-order valence-electron chi connectivity index (χ1n) is 8.58. The molecule has 0 aliphatic carbocycles. The van der Waals surface area contributed by atoms with Crippen molar-refractivity contribution in [3.8, 4) is 22.1 Å². The van der Waals surface area contributed by atoms with Gasteiger partial charge in [0.25, 0.3) is 5.91 Å². The highest BCUT2D eigenvalue weighted by Gasteiger charge is 2.17. The number of carbonyl (C=O) groups excluding carboxylic acids is 1. The van der Waals surface area contributed by atoms with Gasteiger partial charge >= 0.3 is 0 Å². The van der Waals surface area contributed by atoms with Gasteiger partial charge in [0.15, 0.2) is 11.5 Å². The minimum atomic E-state index is -0.127. The summed E-state index contributed by atoms with van der Waals surface area (Å²) >= 11 is 7.63. The van der Waals surface area contributed by atoms with Gasteiger partial charge in [0.2, 0.25) is 0 Å². The van der Waals surface area contributed by atoms with E-state index in [0.29, 0.717) is 47.6 Å². The number of carbonyl (C=O) groups is 1. The van der Waals surface area contributed by atoms with Crippen molar-refractivity contribution in [3.05, 3.63) is 64.1 Å². The lowest BCUT2D eigenvalue weighted by atomic mass is 10.1. The molecule has 27 heavy (non-hydrogen) atoms. The van der Waals surface area contributed by atoms with Gasteiger partial charge in [-0.25, -0.2) is 4.98 Å². The maximum absolute atomic E-state index is 12.4. The summed E-state index contributed by atoms with van der Waals surface area (Å²) in [5.41, 5.74) is 1.99. The zero-order valence-corrected chi connectivity index (χ0v) is 16.0. The van der Waals surface area contributed by atoms with Gasteiger partial charge in [-0.05, 0) is 24.1 Å². The Bertz CT molecular complexity index is 959. The van der Waals surface area contributed by atoms with Gasteiger partial charge in [-0.15, -0.1) is 11.3 Å². The third-order valence-corrected chi connectivity index (χ3v) is 5.43. The molecule has 0 saturated carbocycles. The SMILES string of the molecule is O=C(NCCc1cc(Cl)c2c(c1)OCCO2)c1cnc(-c2ccccc2)s1. The molecule has 0 radical (unpaired) electrons. The summed E-state index contributed by atoms with van der Waals surface area (Å²) in [6.45, 7) is 1.51.